The van der Waals surface area contributed by atoms with Gasteiger partial charge in [0.15, 0.2) is 0 Å². The summed E-state index contributed by atoms with van der Waals surface area (Å²) < 4.78 is 0. The minimum absolute atomic E-state index is 0.250. The zero-order chi connectivity index (χ0) is 10.3. The molecule has 0 saturated carbocycles. The normalized spacial score (nSPS) is 7.77. The molecule has 0 heterocycles. The first-order valence-electron chi connectivity index (χ1n) is 3.41. The van der Waals surface area contributed by atoms with E-state index in [1.54, 1.807) is 18.2 Å². The second-order valence-electron chi connectivity index (χ2n) is 2.26. The summed E-state index contributed by atoms with van der Waals surface area (Å²) >= 11 is 0. The maximum atomic E-state index is 10.4. The van der Waals surface area contributed by atoms with Gasteiger partial charge in [-0.3, -0.25) is 0 Å². The van der Waals surface area contributed by atoms with Crippen LogP contribution in [-0.4, -0.2) is 17.2 Å². The van der Waals surface area contributed by atoms with Gasteiger partial charge in [-0.25, -0.2) is 4.79 Å². The minimum Gasteiger partial charge on any atom is -0.478 e. The standard InChI is InChI=1S/C8H8O2.CO2/c1-6-3-2-4-7(5-6)8(9)10;2-1-3/h2-5H,1H3,(H,9,10);. The average molecular weight is 180 g/mol. The van der Waals surface area contributed by atoms with Crippen LogP contribution in [0.3, 0.4) is 0 Å². The van der Waals surface area contributed by atoms with Crippen LogP contribution in [0.2, 0.25) is 0 Å². The Balaban J connectivity index is 0.000000424. The Kier molecular flexibility index (Phi) is 4.84. The fraction of sp³-hybridized carbons (Fsp3) is 0.111. The van der Waals surface area contributed by atoms with Crippen LogP contribution < -0.4 is 0 Å². The van der Waals surface area contributed by atoms with Gasteiger partial charge in [0.25, 0.3) is 0 Å². The van der Waals surface area contributed by atoms with Crippen molar-refractivity contribution in [1.29, 1.82) is 0 Å². The van der Waals surface area contributed by atoms with E-state index in [2.05, 4.69) is 0 Å². The lowest BCUT2D eigenvalue weighted by Crippen LogP contribution is -1.95. The molecule has 0 amide bonds. The van der Waals surface area contributed by atoms with Gasteiger partial charge in [-0.1, -0.05) is 17.7 Å². The minimum atomic E-state index is -0.872. The molecule has 1 aromatic rings. The zero-order valence-electron chi connectivity index (χ0n) is 6.98. The van der Waals surface area contributed by atoms with E-state index in [0.717, 1.165) is 5.56 Å². The van der Waals surface area contributed by atoms with Gasteiger partial charge in [-0.15, -0.1) is 0 Å². The topological polar surface area (TPSA) is 71.4 Å². The van der Waals surface area contributed by atoms with Crippen molar-refractivity contribution < 1.29 is 19.5 Å². The van der Waals surface area contributed by atoms with Crippen LogP contribution in [0.4, 0.5) is 0 Å². The van der Waals surface area contributed by atoms with Crippen LogP contribution in [-0.2, 0) is 9.59 Å². The monoisotopic (exact) mass is 180 g/mol. The number of rotatable bonds is 1. The smallest absolute Gasteiger partial charge is 0.373 e. The van der Waals surface area contributed by atoms with E-state index in [0.29, 0.717) is 5.56 Å². The molecule has 0 aromatic heterocycles. The Morgan fingerprint density at radius 1 is 1.38 bits per heavy atom. The van der Waals surface area contributed by atoms with E-state index in [9.17, 15) is 4.79 Å². The van der Waals surface area contributed by atoms with Crippen LogP contribution in [0.5, 0.6) is 0 Å². The molecule has 4 heteroatoms. The Labute approximate surface area is 74.8 Å². The quantitative estimate of drug-likeness (QED) is 0.702. The predicted molar refractivity (Wildman–Crippen MR) is 43.1 cm³/mol. The Morgan fingerprint density at radius 3 is 2.23 bits per heavy atom. The highest BCUT2D eigenvalue weighted by Crippen LogP contribution is 2.02. The summed E-state index contributed by atoms with van der Waals surface area (Å²) in [4.78, 5) is 26.6. The molecule has 0 radical (unpaired) electrons. The second-order valence-corrected chi connectivity index (χ2v) is 2.26. The molecule has 0 aliphatic carbocycles. The van der Waals surface area contributed by atoms with Crippen molar-refractivity contribution >= 4 is 12.1 Å². The van der Waals surface area contributed by atoms with Crippen molar-refractivity contribution in [2.45, 2.75) is 6.92 Å². The molecule has 0 fully saturated rings. The third-order valence-corrected chi connectivity index (χ3v) is 1.27. The van der Waals surface area contributed by atoms with E-state index in [1.807, 2.05) is 13.0 Å². The maximum absolute atomic E-state index is 10.4. The SMILES string of the molecule is Cc1cccc(C(=O)O)c1.O=C=O. The highest BCUT2D eigenvalue weighted by atomic mass is 16.4. The molecule has 0 aliphatic heterocycles. The molecule has 4 nitrogen and oxygen atoms in total. The van der Waals surface area contributed by atoms with Crippen molar-refractivity contribution in [3.05, 3.63) is 35.4 Å². The van der Waals surface area contributed by atoms with Crippen molar-refractivity contribution in [2.75, 3.05) is 0 Å². The van der Waals surface area contributed by atoms with Gasteiger partial charge in [-0.2, -0.15) is 9.59 Å². The molecule has 1 aromatic carbocycles. The molecule has 0 unspecified atom stereocenters. The third kappa shape index (κ3) is 4.50. The maximum Gasteiger partial charge on any atom is 0.373 e. The molecule has 13 heavy (non-hydrogen) atoms. The van der Waals surface area contributed by atoms with Crippen LogP contribution in [0.15, 0.2) is 24.3 Å². The fourth-order valence-electron chi connectivity index (χ4n) is 0.778. The third-order valence-electron chi connectivity index (χ3n) is 1.27. The van der Waals surface area contributed by atoms with E-state index in [4.69, 9.17) is 14.7 Å². The van der Waals surface area contributed by atoms with Gasteiger partial charge < -0.3 is 5.11 Å². The summed E-state index contributed by atoms with van der Waals surface area (Å²) in [5, 5.41) is 8.51. The molecule has 0 bridgehead atoms. The number of hydrogen-bond donors (Lipinski definition) is 1. The lowest BCUT2D eigenvalue weighted by atomic mass is 10.1. The largest absolute Gasteiger partial charge is 0.478 e. The lowest BCUT2D eigenvalue weighted by molar-refractivity contribution is -0.191. The zero-order valence-corrected chi connectivity index (χ0v) is 6.98. The number of carboxylic acids is 1. The second kappa shape index (κ2) is 5.69. The summed E-state index contributed by atoms with van der Waals surface area (Å²) in [5.41, 5.74) is 1.32. The van der Waals surface area contributed by atoms with Gasteiger partial charge in [0.2, 0.25) is 0 Å². The van der Waals surface area contributed by atoms with Gasteiger partial charge >= 0.3 is 12.1 Å². The highest BCUT2D eigenvalue weighted by molar-refractivity contribution is 5.87. The molecule has 0 spiro atoms. The van der Waals surface area contributed by atoms with Crippen molar-refractivity contribution in [3.63, 3.8) is 0 Å². The van der Waals surface area contributed by atoms with E-state index >= 15 is 0 Å². The number of benzene rings is 1. The van der Waals surface area contributed by atoms with Crippen molar-refractivity contribution in [3.8, 4) is 0 Å². The van der Waals surface area contributed by atoms with E-state index < -0.39 is 5.97 Å². The van der Waals surface area contributed by atoms with Gasteiger partial charge in [0.05, 0.1) is 5.56 Å². The first kappa shape index (κ1) is 11.1. The van der Waals surface area contributed by atoms with Crippen molar-refractivity contribution in [2.24, 2.45) is 0 Å². The van der Waals surface area contributed by atoms with Crippen LogP contribution in [0, 0.1) is 6.92 Å². The van der Waals surface area contributed by atoms with Gasteiger partial charge in [0, 0.05) is 0 Å². The molecule has 68 valence electrons. The summed E-state index contributed by atoms with van der Waals surface area (Å²) in [6, 6.07) is 6.82. The Hall–Kier alpha value is -1.93. The van der Waals surface area contributed by atoms with Crippen molar-refractivity contribution in [1.82, 2.24) is 0 Å². The molecular formula is C9H8O4. The summed E-state index contributed by atoms with van der Waals surface area (Å²) in [6.45, 7) is 1.87. The highest BCUT2D eigenvalue weighted by Gasteiger charge is 1.99. The molecule has 0 atom stereocenters. The Bertz CT molecular complexity index is 324. The predicted octanol–water partition coefficient (Wildman–Crippen LogP) is 1.11. The summed E-state index contributed by atoms with van der Waals surface area (Å²) in [6.07, 6.45) is 0.250. The number of carbonyl (C=O) groups excluding carboxylic acids is 2. The lowest BCUT2D eigenvalue weighted by Gasteiger charge is -1.93. The first-order chi connectivity index (χ1) is 6.11. The number of carboxylic acid groups (broad SMARTS) is 1. The molecule has 1 N–H and O–H groups in total. The van der Waals surface area contributed by atoms with E-state index in [1.165, 1.54) is 0 Å². The molecular weight excluding hydrogens is 172 g/mol. The molecule has 1 rings (SSSR count). The number of carbonyl (C=O) groups is 1. The summed E-state index contributed by atoms with van der Waals surface area (Å²) in [7, 11) is 0. The molecule has 0 saturated heterocycles. The molecule has 0 aliphatic rings. The average Bonchev–Trinajstić information content (AvgIpc) is 2.05. The van der Waals surface area contributed by atoms with Gasteiger partial charge in [-0.05, 0) is 19.1 Å². The van der Waals surface area contributed by atoms with Crippen LogP contribution in [0.1, 0.15) is 15.9 Å². The number of aromatic carboxylic acids is 1. The number of hydrogen-bond acceptors (Lipinski definition) is 3. The van der Waals surface area contributed by atoms with Crippen LogP contribution in [0.25, 0.3) is 0 Å². The summed E-state index contributed by atoms with van der Waals surface area (Å²) in [5.74, 6) is -0.872. The van der Waals surface area contributed by atoms with Crippen LogP contribution >= 0.6 is 0 Å². The Morgan fingerprint density at radius 2 is 1.92 bits per heavy atom. The van der Waals surface area contributed by atoms with Gasteiger partial charge in [0.1, 0.15) is 0 Å². The van der Waals surface area contributed by atoms with E-state index in [-0.39, 0.29) is 6.15 Å². The fourth-order valence-corrected chi connectivity index (χ4v) is 0.778. The first-order valence-corrected chi connectivity index (χ1v) is 3.41. The number of aryl methyl sites for hydroxylation is 1.